The number of carbonyl (C=O) groups excluding carboxylic acids is 3. The van der Waals surface area contributed by atoms with E-state index >= 15 is 0 Å². The topological polar surface area (TPSA) is 112 Å². The summed E-state index contributed by atoms with van der Waals surface area (Å²) in [5.41, 5.74) is -0.960. The summed E-state index contributed by atoms with van der Waals surface area (Å²) in [4.78, 5) is 45.4. The summed E-state index contributed by atoms with van der Waals surface area (Å²) < 4.78 is 15.0. The first-order chi connectivity index (χ1) is 10.8. The standard InChI is InChI=1S/C15H13NO7/c1-7(17)16-11-6-10-4-5-12(21-8(2)18)14(22-9(3)19)13(10)23-15(11)20/h4-6H,1-3H3,(H,16,17). The number of amides is 1. The van der Waals surface area contributed by atoms with Crippen LogP contribution in [-0.4, -0.2) is 17.8 Å². The minimum Gasteiger partial charge on any atom is -0.423 e. The SMILES string of the molecule is CC(=O)Nc1cc2ccc(OC(C)=O)c(OC(C)=O)c2oc1=O. The van der Waals surface area contributed by atoms with Gasteiger partial charge in [0.2, 0.25) is 11.7 Å². The van der Waals surface area contributed by atoms with E-state index in [4.69, 9.17) is 13.9 Å². The van der Waals surface area contributed by atoms with Crippen molar-refractivity contribution in [1.82, 2.24) is 0 Å². The lowest BCUT2D eigenvalue weighted by atomic mass is 10.2. The van der Waals surface area contributed by atoms with Crippen LogP contribution in [0.4, 0.5) is 5.69 Å². The normalized spacial score (nSPS) is 10.2. The van der Waals surface area contributed by atoms with Crippen LogP contribution in [0.5, 0.6) is 11.5 Å². The molecule has 120 valence electrons. The van der Waals surface area contributed by atoms with Gasteiger partial charge in [0.05, 0.1) is 0 Å². The molecule has 2 aromatic rings. The molecule has 0 bridgehead atoms. The van der Waals surface area contributed by atoms with Crippen molar-refractivity contribution in [3.8, 4) is 11.5 Å². The molecule has 1 amide bonds. The fourth-order valence-electron chi connectivity index (χ4n) is 1.89. The number of ether oxygens (including phenoxy) is 2. The van der Waals surface area contributed by atoms with Crippen LogP contribution in [0.25, 0.3) is 11.0 Å². The molecule has 0 radical (unpaired) electrons. The lowest BCUT2D eigenvalue weighted by Crippen LogP contribution is -2.15. The molecular weight excluding hydrogens is 306 g/mol. The number of fused-ring (bicyclic) bond motifs is 1. The monoisotopic (exact) mass is 319 g/mol. The van der Waals surface area contributed by atoms with Crippen molar-refractivity contribution in [2.75, 3.05) is 5.32 Å². The van der Waals surface area contributed by atoms with Gasteiger partial charge in [-0.1, -0.05) is 0 Å². The second-order valence-electron chi connectivity index (χ2n) is 4.63. The van der Waals surface area contributed by atoms with Gasteiger partial charge in [0.1, 0.15) is 5.69 Å². The number of hydrogen-bond acceptors (Lipinski definition) is 7. The summed E-state index contributed by atoms with van der Waals surface area (Å²) >= 11 is 0. The van der Waals surface area contributed by atoms with Crippen molar-refractivity contribution in [3.05, 3.63) is 28.6 Å². The maximum Gasteiger partial charge on any atom is 0.360 e. The van der Waals surface area contributed by atoms with Crippen LogP contribution in [0.3, 0.4) is 0 Å². The van der Waals surface area contributed by atoms with Gasteiger partial charge in [0, 0.05) is 26.2 Å². The fraction of sp³-hybridized carbons (Fsp3) is 0.200. The Balaban J connectivity index is 2.69. The Bertz CT molecular complexity index is 866. The molecule has 0 saturated heterocycles. The summed E-state index contributed by atoms with van der Waals surface area (Å²) in [5, 5.41) is 2.71. The molecule has 0 aliphatic rings. The Morgan fingerprint density at radius 3 is 2.26 bits per heavy atom. The summed E-state index contributed by atoms with van der Waals surface area (Å²) in [7, 11) is 0. The van der Waals surface area contributed by atoms with Crippen LogP contribution >= 0.6 is 0 Å². The van der Waals surface area contributed by atoms with Gasteiger partial charge < -0.3 is 19.2 Å². The first-order valence-electron chi connectivity index (χ1n) is 6.53. The minimum atomic E-state index is -0.832. The molecule has 8 heteroatoms. The maximum atomic E-state index is 11.9. The molecule has 0 saturated carbocycles. The van der Waals surface area contributed by atoms with Gasteiger partial charge in [-0.15, -0.1) is 0 Å². The molecule has 1 aromatic carbocycles. The van der Waals surface area contributed by atoms with Gasteiger partial charge >= 0.3 is 17.6 Å². The van der Waals surface area contributed by atoms with E-state index in [2.05, 4.69) is 5.32 Å². The number of benzene rings is 1. The summed E-state index contributed by atoms with van der Waals surface area (Å²) in [6.45, 7) is 3.58. The molecule has 0 fully saturated rings. The minimum absolute atomic E-state index is 0.0565. The third-order valence-electron chi connectivity index (χ3n) is 2.63. The average molecular weight is 319 g/mol. The van der Waals surface area contributed by atoms with Gasteiger partial charge in [0.15, 0.2) is 11.3 Å². The molecule has 1 N–H and O–H groups in total. The van der Waals surface area contributed by atoms with Gasteiger partial charge in [0.25, 0.3) is 0 Å². The number of hydrogen-bond donors (Lipinski definition) is 1. The van der Waals surface area contributed by atoms with Crippen LogP contribution in [0.15, 0.2) is 27.4 Å². The molecule has 1 heterocycles. The van der Waals surface area contributed by atoms with Gasteiger partial charge in [-0.3, -0.25) is 14.4 Å². The van der Waals surface area contributed by atoms with Crippen molar-refractivity contribution in [2.24, 2.45) is 0 Å². The molecule has 2 rings (SSSR count). The quantitative estimate of drug-likeness (QED) is 0.519. The first-order valence-corrected chi connectivity index (χ1v) is 6.53. The van der Waals surface area contributed by atoms with E-state index in [-0.39, 0.29) is 22.8 Å². The van der Waals surface area contributed by atoms with Crippen molar-refractivity contribution in [1.29, 1.82) is 0 Å². The Hall–Kier alpha value is -3.16. The van der Waals surface area contributed by atoms with E-state index in [1.165, 1.54) is 32.0 Å². The third kappa shape index (κ3) is 3.73. The molecule has 1 aromatic heterocycles. The number of rotatable bonds is 3. The predicted molar refractivity (Wildman–Crippen MR) is 79.4 cm³/mol. The van der Waals surface area contributed by atoms with Crippen LogP contribution in [0.2, 0.25) is 0 Å². The number of carbonyl (C=O) groups is 3. The van der Waals surface area contributed by atoms with Gasteiger partial charge in [-0.05, 0) is 18.2 Å². The molecule has 0 aliphatic heterocycles. The highest BCUT2D eigenvalue weighted by Gasteiger charge is 2.18. The summed E-state index contributed by atoms with van der Waals surface area (Å²) in [5.74, 6) is -1.99. The van der Waals surface area contributed by atoms with Crippen molar-refractivity contribution in [3.63, 3.8) is 0 Å². The summed E-state index contributed by atoms with van der Waals surface area (Å²) in [6.07, 6.45) is 0. The van der Waals surface area contributed by atoms with Crippen molar-refractivity contribution >= 4 is 34.5 Å². The Morgan fingerprint density at radius 1 is 1.04 bits per heavy atom. The smallest absolute Gasteiger partial charge is 0.360 e. The molecule has 0 atom stereocenters. The van der Waals surface area contributed by atoms with E-state index < -0.39 is 23.5 Å². The van der Waals surface area contributed by atoms with Crippen LogP contribution < -0.4 is 20.4 Å². The van der Waals surface area contributed by atoms with E-state index in [0.29, 0.717) is 5.39 Å². The van der Waals surface area contributed by atoms with E-state index in [1.54, 1.807) is 0 Å². The number of anilines is 1. The first kappa shape index (κ1) is 16.2. The largest absolute Gasteiger partial charge is 0.423 e. The molecule has 23 heavy (non-hydrogen) atoms. The molecule has 0 spiro atoms. The molecular formula is C15H13NO7. The van der Waals surface area contributed by atoms with Crippen molar-refractivity contribution < 1.29 is 28.3 Å². The zero-order valence-corrected chi connectivity index (χ0v) is 12.6. The third-order valence-corrected chi connectivity index (χ3v) is 2.63. The van der Waals surface area contributed by atoms with Gasteiger partial charge in [-0.25, -0.2) is 4.79 Å². The average Bonchev–Trinajstić information content (AvgIpc) is 2.41. The van der Waals surface area contributed by atoms with E-state index in [1.807, 2.05) is 0 Å². The summed E-state index contributed by atoms with van der Waals surface area (Å²) in [6, 6.07) is 4.25. The van der Waals surface area contributed by atoms with E-state index in [0.717, 1.165) is 6.92 Å². The predicted octanol–water partition coefficient (Wildman–Crippen LogP) is 1.60. The van der Waals surface area contributed by atoms with Gasteiger partial charge in [-0.2, -0.15) is 0 Å². The second kappa shape index (κ2) is 6.30. The zero-order chi connectivity index (χ0) is 17.1. The zero-order valence-electron chi connectivity index (χ0n) is 12.6. The number of nitrogens with one attached hydrogen (secondary N) is 1. The lowest BCUT2D eigenvalue weighted by Gasteiger charge is -2.11. The van der Waals surface area contributed by atoms with Crippen molar-refractivity contribution in [2.45, 2.75) is 20.8 Å². The number of esters is 2. The maximum absolute atomic E-state index is 11.9. The molecule has 8 nitrogen and oxygen atoms in total. The fourth-order valence-corrected chi connectivity index (χ4v) is 1.89. The highest BCUT2D eigenvalue weighted by Crippen LogP contribution is 2.36. The Morgan fingerprint density at radius 2 is 1.70 bits per heavy atom. The van der Waals surface area contributed by atoms with Crippen LogP contribution in [0, 0.1) is 0 Å². The molecule has 0 unspecified atom stereocenters. The highest BCUT2D eigenvalue weighted by molar-refractivity contribution is 5.94. The Labute approximate surface area is 130 Å². The van der Waals surface area contributed by atoms with Crippen LogP contribution in [0.1, 0.15) is 20.8 Å². The molecule has 0 aliphatic carbocycles. The second-order valence-corrected chi connectivity index (χ2v) is 4.63. The lowest BCUT2D eigenvalue weighted by molar-refractivity contribution is -0.134. The highest BCUT2D eigenvalue weighted by atomic mass is 16.6. The van der Waals surface area contributed by atoms with Crippen LogP contribution in [-0.2, 0) is 14.4 Å². The van der Waals surface area contributed by atoms with E-state index in [9.17, 15) is 19.2 Å². The Kier molecular flexibility index (Phi) is 4.44.